The monoisotopic (exact) mass is 261 g/mol. The van der Waals surface area contributed by atoms with Crippen LogP contribution in [0.5, 0.6) is 0 Å². The third-order valence-electron chi connectivity index (χ3n) is 3.72. The molecule has 1 heterocycles. The molecule has 1 aliphatic rings. The van der Waals surface area contributed by atoms with Crippen molar-refractivity contribution in [3.63, 3.8) is 0 Å². The van der Waals surface area contributed by atoms with Gasteiger partial charge in [-0.1, -0.05) is 32.0 Å². The van der Waals surface area contributed by atoms with Gasteiger partial charge in [-0.05, 0) is 24.5 Å². The molecule has 0 aromatic heterocycles. The van der Waals surface area contributed by atoms with Gasteiger partial charge in [0.05, 0.1) is 0 Å². The molecule has 102 valence electrons. The van der Waals surface area contributed by atoms with E-state index in [4.69, 9.17) is 0 Å². The summed E-state index contributed by atoms with van der Waals surface area (Å²) in [7, 11) is 0. The van der Waals surface area contributed by atoms with Crippen LogP contribution in [-0.4, -0.2) is 34.5 Å². The first-order valence-corrected chi connectivity index (χ1v) is 6.74. The summed E-state index contributed by atoms with van der Waals surface area (Å²) in [6, 6.07) is 6.82. The van der Waals surface area contributed by atoms with Gasteiger partial charge in [0.15, 0.2) is 0 Å². The molecule has 4 nitrogen and oxygen atoms in total. The summed E-state index contributed by atoms with van der Waals surface area (Å²) < 4.78 is 0. The number of aliphatic carboxylic acids is 1. The molecule has 4 heteroatoms. The van der Waals surface area contributed by atoms with Crippen molar-refractivity contribution >= 4 is 11.9 Å². The Labute approximate surface area is 113 Å². The Bertz CT molecular complexity index is 498. The highest BCUT2D eigenvalue weighted by Crippen LogP contribution is 2.35. The lowest BCUT2D eigenvalue weighted by Crippen LogP contribution is -2.50. The molecule has 1 amide bonds. The molecule has 0 unspecified atom stereocenters. The smallest absolute Gasteiger partial charge is 0.313 e. The Kier molecular flexibility index (Phi) is 3.88. The van der Waals surface area contributed by atoms with Gasteiger partial charge >= 0.3 is 5.97 Å². The highest BCUT2D eigenvalue weighted by atomic mass is 16.4. The summed E-state index contributed by atoms with van der Waals surface area (Å²) in [5.41, 5.74) is 1.19. The number of amides is 1. The Hall–Kier alpha value is -1.84. The van der Waals surface area contributed by atoms with Crippen molar-refractivity contribution in [3.8, 4) is 0 Å². The first-order chi connectivity index (χ1) is 9.11. The van der Waals surface area contributed by atoms with Gasteiger partial charge in [0.25, 0.3) is 5.91 Å². The molecule has 0 saturated heterocycles. The van der Waals surface area contributed by atoms with Gasteiger partial charge in [-0.15, -0.1) is 0 Å². The van der Waals surface area contributed by atoms with Gasteiger partial charge in [-0.25, -0.2) is 0 Å². The molecule has 1 aliphatic heterocycles. The molecular formula is C15H19NO3. The molecule has 2 atom stereocenters. The van der Waals surface area contributed by atoms with E-state index in [1.165, 1.54) is 0 Å². The topological polar surface area (TPSA) is 57.6 Å². The van der Waals surface area contributed by atoms with Crippen LogP contribution in [0.4, 0.5) is 0 Å². The Balaban J connectivity index is 2.55. The van der Waals surface area contributed by atoms with Crippen LogP contribution in [0.1, 0.15) is 48.5 Å². The normalized spacial score (nSPS) is 22.2. The van der Waals surface area contributed by atoms with Gasteiger partial charge in [-0.2, -0.15) is 0 Å². The van der Waals surface area contributed by atoms with Gasteiger partial charge < -0.3 is 10.0 Å². The average molecular weight is 261 g/mol. The van der Waals surface area contributed by atoms with Crippen molar-refractivity contribution in [1.29, 1.82) is 0 Å². The molecule has 1 N–H and O–H groups in total. The Morgan fingerprint density at radius 2 is 2.00 bits per heavy atom. The van der Waals surface area contributed by atoms with E-state index in [1.54, 1.807) is 29.2 Å². The predicted molar refractivity (Wildman–Crippen MR) is 72.2 cm³/mol. The lowest BCUT2D eigenvalue weighted by molar-refractivity contribution is -0.140. The van der Waals surface area contributed by atoms with E-state index in [1.807, 2.05) is 13.8 Å². The number of fused-ring (bicyclic) bond motifs is 1. The summed E-state index contributed by atoms with van der Waals surface area (Å²) >= 11 is 0. The number of nitrogens with zero attached hydrogens (tertiary/aromatic N) is 1. The summed E-state index contributed by atoms with van der Waals surface area (Å²) in [6.45, 7) is 4.54. The van der Waals surface area contributed by atoms with Crippen molar-refractivity contribution < 1.29 is 14.7 Å². The van der Waals surface area contributed by atoms with Crippen LogP contribution in [0.3, 0.4) is 0 Å². The number of carboxylic acid groups (broad SMARTS) is 1. The molecular weight excluding hydrogens is 242 g/mol. The highest BCUT2D eigenvalue weighted by Gasteiger charge is 2.41. The molecule has 1 aromatic rings. The lowest BCUT2D eigenvalue weighted by Gasteiger charge is -2.40. The zero-order chi connectivity index (χ0) is 14.0. The largest absolute Gasteiger partial charge is 0.481 e. The van der Waals surface area contributed by atoms with E-state index < -0.39 is 11.9 Å². The molecule has 0 saturated carbocycles. The van der Waals surface area contributed by atoms with Gasteiger partial charge in [0.1, 0.15) is 5.92 Å². The Morgan fingerprint density at radius 3 is 2.58 bits per heavy atom. The third kappa shape index (κ3) is 2.23. The first kappa shape index (κ1) is 13.6. The van der Waals surface area contributed by atoms with E-state index in [0.29, 0.717) is 24.1 Å². The fraction of sp³-hybridized carbons (Fsp3) is 0.467. The summed E-state index contributed by atoms with van der Waals surface area (Å²) in [4.78, 5) is 25.8. The maximum absolute atomic E-state index is 12.5. The van der Waals surface area contributed by atoms with Gasteiger partial charge in [0.2, 0.25) is 0 Å². The molecule has 0 aliphatic carbocycles. The average Bonchev–Trinajstić information content (AvgIpc) is 2.41. The highest BCUT2D eigenvalue weighted by molar-refractivity contribution is 6.00. The van der Waals surface area contributed by atoms with Crippen molar-refractivity contribution in [1.82, 2.24) is 4.90 Å². The van der Waals surface area contributed by atoms with E-state index in [9.17, 15) is 14.7 Å². The zero-order valence-corrected chi connectivity index (χ0v) is 11.3. The standard InChI is InChI=1S/C15H19NO3/c1-3-9-16-12(4-2)13(15(18)19)10-7-5-6-8-11(10)14(16)17/h5-8,12-13H,3-4,9H2,1-2H3,(H,18,19)/t12-,13+/m1/s1. The number of carbonyl (C=O) groups excluding carboxylic acids is 1. The second-order valence-corrected chi connectivity index (χ2v) is 4.88. The lowest BCUT2D eigenvalue weighted by atomic mass is 9.81. The minimum Gasteiger partial charge on any atom is -0.481 e. The van der Waals surface area contributed by atoms with Crippen LogP contribution in [-0.2, 0) is 4.79 Å². The van der Waals surface area contributed by atoms with Gasteiger partial charge in [-0.3, -0.25) is 9.59 Å². The Morgan fingerprint density at radius 1 is 1.32 bits per heavy atom. The number of hydrogen-bond acceptors (Lipinski definition) is 2. The molecule has 0 fully saturated rings. The SMILES string of the molecule is CCCN1C(=O)c2ccccc2[C@H](C(=O)O)[C@H]1CC. The van der Waals surface area contributed by atoms with E-state index in [2.05, 4.69) is 0 Å². The predicted octanol–water partition coefficient (Wildman–Crippen LogP) is 2.50. The summed E-state index contributed by atoms with van der Waals surface area (Å²) in [5, 5.41) is 9.52. The quantitative estimate of drug-likeness (QED) is 0.906. The third-order valence-corrected chi connectivity index (χ3v) is 3.72. The maximum atomic E-state index is 12.5. The molecule has 0 bridgehead atoms. The van der Waals surface area contributed by atoms with E-state index in [-0.39, 0.29) is 11.9 Å². The second-order valence-electron chi connectivity index (χ2n) is 4.88. The number of hydrogen-bond donors (Lipinski definition) is 1. The van der Waals surface area contributed by atoms with Crippen molar-refractivity contribution in [2.45, 2.75) is 38.6 Å². The van der Waals surface area contributed by atoms with Crippen LogP contribution >= 0.6 is 0 Å². The van der Waals surface area contributed by atoms with E-state index >= 15 is 0 Å². The summed E-state index contributed by atoms with van der Waals surface area (Å²) in [5.74, 6) is -1.51. The molecule has 2 rings (SSSR count). The van der Waals surface area contributed by atoms with Gasteiger partial charge in [0, 0.05) is 18.2 Å². The van der Waals surface area contributed by atoms with E-state index in [0.717, 1.165) is 6.42 Å². The molecule has 19 heavy (non-hydrogen) atoms. The van der Waals surface area contributed by atoms with Crippen LogP contribution in [0.25, 0.3) is 0 Å². The van der Waals surface area contributed by atoms with Crippen molar-refractivity contribution in [3.05, 3.63) is 35.4 Å². The minimum atomic E-state index is -0.854. The fourth-order valence-electron chi connectivity index (χ4n) is 2.92. The van der Waals surface area contributed by atoms with Crippen LogP contribution in [0.15, 0.2) is 24.3 Å². The number of rotatable bonds is 4. The molecule has 0 spiro atoms. The zero-order valence-electron chi connectivity index (χ0n) is 11.3. The minimum absolute atomic E-state index is 0.0400. The van der Waals surface area contributed by atoms with Crippen LogP contribution < -0.4 is 0 Å². The first-order valence-electron chi connectivity index (χ1n) is 6.74. The fourth-order valence-corrected chi connectivity index (χ4v) is 2.92. The van der Waals surface area contributed by atoms with Crippen molar-refractivity contribution in [2.75, 3.05) is 6.54 Å². The second kappa shape index (κ2) is 5.43. The maximum Gasteiger partial charge on any atom is 0.313 e. The summed E-state index contributed by atoms with van der Waals surface area (Å²) in [6.07, 6.45) is 1.48. The number of carboxylic acids is 1. The van der Waals surface area contributed by atoms with Crippen molar-refractivity contribution in [2.24, 2.45) is 0 Å². The van der Waals surface area contributed by atoms with Crippen LogP contribution in [0.2, 0.25) is 0 Å². The molecule has 0 radical (unpaired) electrons. The van der Waals surface area contributed by atoms with Crippen LogP contribution in [0, 0.1) is 0 Å². The number of benzene rings is 1. The number of carbonyl (C=O) groups is 2. The molecule has 1 aromatic carbocycles.